The van der Waals surface area contributed by atoms with E-state index in [-0.39, 0.29) is 6.61 Å². The summed E-state index contributed by atoms with van der Waals surface area (Å²) in [6, 6.07) is 0. The first-order valence-electron chi connectivity index (χ1n) is 11.9. The second kappa shape index (κ2) is 20.4. The van der Waals surface area contributed by atoms with E-state index in [9.17, 15) is 14.5 Å². The van der Waals surface area contributed by atoms with Crippen molar-refractivity contribution in [2.24, 2.45) is 0 Å². The van der Waals surface area contributed by atoms with Gasteiger partial charge in [-0.05, 0) is 6.42 Å². The molecule has 0 saturated heterocycles. The van der Waals surface area contributed by atoms with E-state index in [1.807, 2.05) is 0 Å². The summed E-state index contributed by atoms with van der Waals surface area (Å²) in [5.41, 5.74) is 0. The van der Waals surface area contributed by atoms with E-state index in [4.69, 9.17) is 14.5 Å². The van der Waals surface area contributed by atoms with Crippen LogP contribution in [-0.4, -0.2) is 40.2 Å². The van der Waals surface area contributed by atoms with Crippen LogP contribution >= 0.6 is 7.82 Å². The quantitative estimate of drug-likeness (QED) is 0.110. The lowest BCUT2D eigenvalue weighted by Gasteiger charge is -2.12. The van der Waals surface area contributed by atoms with E-state index in [2.05, 4.69) is 11.4 Å². The summed E-state index contributed by atoms with van der Waals surface area (Å²) in [6.45, 7) is 1.36. The van der Waals surface area contributed by atoms with Crippen LogP contribution in [0.25, 0.3) is 0 Å². The Balaban J connectivity index is 3.28. The molecule has 8 heteroatoms. The van der Waals surface area contributed by atoms with Crippen molar-refractivity contribution in [2.45, 2.75) is 122 Å². The molecule has 7 nitrogen and oxygen atoms in total. The fourth-order valence-electron chi connectivity index (χ4n) is 3.31. The van der Waals surface area contributed by atoms with E-state index in [0.717, 1.165) is 19.3 Å². The zero-order valence-corrected chi connectivity index (χ0v) is 19.8. The lowest BCUT2D eigenvalue weighted by atomic mass is 10.0. The van der Waals surface area contributed by atoms with Gasteiger partial charge in [0, 0.05) is 6.42 Å². The van der Waals surface area contributed by atoms with Crippen molar-refractivity contribution in [1.82, 2.24) is 0 Å². The molecule has 0 aromatic carbocycles. The van der Waals surface area contributed by atoms with Gasteiger partial charge in [-0.3, -0.25) is 9.32 Å². The van der Waals surface area contributed by atoms with E-state index >= 15 is 0 Å². The Bertz CT molecular complexity index is 439. The van der Waals surface area contributed by atoms with Crippen molar-refractivity contribution in [3.63, 3.8) is 0 Å². The first-order chi connectivity index (χ1) is 14.3. The molecule has 0 aliphatic carbocycles. The Labute approximate surface area is 183 Å². The van der Waals surface area contributed by atoms with Crippen molar-refractivity contribution >= 4 is 13.8 Å². The summed E-state index contributed by atoms with van der Waals surface area (Å²) in [6.07, 6.45) is 19.4. The van der Waals surface area contributed by atoms with Crippen LogP contribution in [0.5, 0.6) is 0 Å². The van der Waals surface area contributed by atoms with Crippen LogP contribution in [-0.2, 0) is 18.6 Å². The molecule has 0 aromatic rings. The molecule has 0 heterocycles. The number of aliphatic hydroxyl groups excluding tert-OH is 1. The van der Waals surface area contributed by atoms with Gasteiger partial charge in [-0.1, -0.05) is 103 Å². The van der Waals surface area contributed by atoms with Crippen molar-refractivity contribution in [1.29, 1.82) is 0 Å². The number of esters is 1. The topological polar surface area (TPSA) is 113 Å². The molecule has 0 aliphatic rings. The van der Waals surface area contributed by atoms with Gasteiger partial charge in [0.15, 0.2) is 0 Å². The molecular weight excluding hydrogens is 407 g/mol. The first-order valence-corrected chi connectivity index (χ1v) is 13.4. The van der Waals surface area contributed by atoms with E-state index in [1.165, 1.54) is 83.5 Å². The van der Waals surface area contributed by atoms with Crippen LogP contribution in [0.2, 0.25) is 0 Å². The molecule has 0 saturated carbocycles. The fourth-order valence-corrected chi connectivity index (χ4v) is 3.68. The highest BCUT2D eigenvalue weighted by Gasteiger charge is 2.17. The van der Waals surface area contributed by atoms with Crippen LogP contribution in [0.3, 0.4) is 0 Å². The van der Waals surface area contributed by atoms with Crippen molar-refractivity contribution < 1.29 is 33.5 Å². The Hall–Kier alpha value is -0.460. The number of hydrogen-bond donors (Lipinski definition) is 3. The number of phosphoric acid groups is 1. The van der Waals surface area contributed by atoms with Gasteiger partial charge < -0.3 is 19.6 Å². The minimum Gasteiger partial charge on any atom is -0.463 e. The molecule has 180 valence electrons. The molecule has 0 aromatic heterocycles. The predicted octanol–water partition coefficient (Wildman–Crippen LogP) is 5.65. The lowest BCUT2D eigenvalue weighted by Crippen LogP contribution is -2.23. The van der Waals surface area contributed by atoms with Crippen LogP contribution in [0.1, 0.15) is 116 Å². The zero-order valence-electron chi connectivity index (χ0n) is 18.9. The third-order valence-corrected chi connectivity index (χ3v) is 5.59. The number of rotatable bonds is 22. The zero-order chi connectivity index (χ0) is 22.5. The third kappa shape index (κ3) is 23.8. The summed E-state index contributed by atoms with van der Waals surface area (Å²) in [4.78, 5) is 28.6. The van der Waals surface area contributed by atoms with Gasteiger partial charge in [-0.15, -0.1) is 0 Å². The fraction of sp³-hybridized carbons (Fsp3) is 0.955. The minimum absolute atomic E-state index is 0.296. The van der Waals surface area contributed by atoms with Crippen LogP contribution in [0.15, 0.2) is 0 Å². The molecule has 0 radical (unpaired) electrons. The van der Waals surface area contributed by atoms with E-state index < -0.39 is 26.5 Å². The molecule has 30 heavy (non-hydrogen) atoms. The van der Waals surface area contributed by atoms with Crippen molar-refractivity contribution in [2.75, 3.05) is 13.2 Å². The van der Waals surface area contributed by atoms with Gasteiger partial charge in [0.25, 0.3) is 0 Å². The molecular formula is C22H45O7P. The maximum atomic E-state index is 11.6. The molecule has 1 unspecified atom stereocenters. The highest BCUT2D eigenvalue weighted by Crippen LogP contribution is 2.35. The highest BCUT2D eigenvalue weighted by molar-refractivity contribution is 7.46. The Morgan fingerprint density at radius 1 is 0.733 bits per heavy atom. The maximum absolute atomic E-state index is 11.6. The van der Waals surface area contributed by atoms with Gasteiger partial charge in [0.2, 0.25) is 0 Å². The van der Waals surface area contributed by atoms with E-state index in [1.54, 1.807) is 0 Å². The van der Waals surface area contributed by atoms with E-state index in [0.29, 0.717) is 6.42 Å². The molecule has 0 amide bonds. The molecule has 0 spiro atoms. The van der Waals surface area contributed by atoms with Crippen molar-refractivity contribution in [3.05, 3.63) is 0 Å². The summed E-state index contributed by atoms with van der Waals surface area (Å²) in [7, 11) is -4.61. The van der Waals surface area contributed by atoms with Crippen LogP contribution in [0.4, 0.5) is 0 Å². The van der Waals surface area contributed by atoms with Gasteiger partial charge >= 0.3 is 13.8 Å². The smallest absolute Gasteiger partial charge is 0.463 e. The number of aliphatic hydroxyl groups is 1. The number of ether oxygens (including phenoxy) is 1. The normalized spacial score (nSPS) is 12.8. The summed E-state index contributed by atoms with van der Waals surface area (Å²) in [5.74, 6) is -0.407. The molecule has 0 bridgehead atoms. The molecule has 0 rings (SSSR count). The second-order valence-electron chi connectivity index (χ2n) is 8.18. The summed E-state index contributed by atoms with van der Waals surface area (Å²) in [5, 5.41) is 9.43. The Kier molecular flexibility index (Phi) is 20.1. The average molecular weight is 453 g/mol. The standard InChI is InChI=1S/C22H45O7P/c1-2-3-4-5-6-7-8-9-10-11-12-13-14-15-16-17-18-22(24)28-19-21(23)20-29-30(25,26)27/h21,23H,2-20H2,1H3,(H2,25,26,27). The summed E-state index contributed by atoms with van der Waals surface area (Å²) >= 11 is 0. The Morgan fingerprint density at radius 3 is 1.53 bits per heavy atom. The number of phosphoric ester groups is 1. The SMILES string of the molecule is CCCCCCCCCCCCCCCCCCC(=O)OCC(O)COP(=O)(O)O. The number of carbonyl (C=O) groups is 1. The molecule has 1 atom stereocenters. The predicted molar refractivity (Wildman–Crippen MR) is 119 cm³/mol. The monoisotopic (exact) mass is 452 g/mol. The summed E-state index contributed by atoms with van der Waals surface area (Å²) < 4.78 is 19.5. The van der Waals surface area contributed by atoms with Gasteiger partial charge in [-0.25, -0.2) is 4.57 Å². The number of unbranched alkanes of at least 4 members (excludes halogenated alkanes) is 15. The second-order valence-corrected chi connectivity index (χ2v) is 9.42. The highest BCUT2D eigenvalue weighted by atomic mass is 31.2. The van der Waals surface area contributed by atoms with Crippen LogP contribution in [0, 0.1) is 0 Å². The first kappa shape index (κ1) is 29.5. The average Bonchev–Trinajstić information content (AvgIpc) is 2.69. The van der Waals surface area contributed by atoms with Gasteiger partial charge in [0.1, 0.15) is 12.7 Å². The van der Waals surface area contributed by atoms with Crippen LogP contribution < -0.4 is 0 Å². The maximum Gasteiger partial charge on any atom is 0.469 e. The molecule has 0 fully saturated rings. The lowest BCUT2D eigenvalue weighted by molar-refractivity contribution is -0.147. The molecule has 0 aliphatic heterocycles. The van der Waals surface area contributed by atoms with Gasteiger partial charge in [0.05, 0.1) is 6.61 Å². The number of hydrogen-bond acceptors (Lipinski definition) is 5. The molecule has 3 N–H and O–H groups in total. The Morgan fingerprint density at radius 2 is 1.13 bits per heavy atom. The van der Waals surface area contributed by atoms with Crippen molar-refractivity contribution in [3.8, 4) is 0 Å². The number of carbonyl (C=O) groups excluding carboxylic acids is 1. The van der Waals surface area contributed by atoms with Gasteiger partial charge in [-0.2, -0.15) is 0 Å². The largest absolute Gasteiger partial charge is 0.469 e. The third-order valence-electron chi connectivity index (χ3n) is 5.11. The minimum atomic E-state index is -4.61.